The Labute approximate surface area is 110 Å². The van der Waals surface area contributed by atoms with E-state index in [1.54, 1.807) is 0 Å². The fourth-order valence-electron chi connectivity index (χ4n) is 1.89. The maximum absolute atomic E-state index is 11.7. The summed E-state index contributed by atoms with van der Waals surface area (Å²) in [5, 5.41) is 6.20. The SMILES string of the molecule is CC(CN1CCOCC1)NC(=O)CNC(C)(C)C. The Bertz CT molecular complexity index is 257. The lowest BCUT2D eigenvalue weighted by Gasteiger charge is -2.29. The van der Waals surface area contributed by atoms with Crippen molar-refractivity contribution >= 4 is 5.91 Å². The van der Waals surface area contributed by atoms with E-state index in [4.69, 9.17) is 4.74 Å². The second-order valence-electron chi connectivity index (χ2n) is 5.99. The van der Waals surface area contributed by atoms with Crippen molar-refractivity contribution in [3.63, 3.8) is 0 Å². The van der Waals surface area contributed by atoms with Crippen molar-refractivity contribution in [3.05, 3.63) is 0 Å². The highest BCUT2D eigenvalue weighted by Gasteiger charge is 2.16. The molecule has 5 nitrogen and oxygen atoms in total. The van der Waals surface area contributed by atoms with Crippen LogP contribution in [0.25, 0.3) is 0 Å². The van der Waals surface area contributed by atoms with Crippen LogP contribution >= 0.6 is 0 Å². The van der Waals surface area contributed by atoms with Crippen LogP contribution in [0.15, 0.2) is 0 Å². The average molecular weight is 257 g/mol. The summed E-state index contributed by atoms with van der Waals surface area (Å²) >= 11 is 0. The Hall–Kier alpha value is -0.650. The minimum absolute atomic E-state index is 0.0230. The van der Waals surface area contributed by atoms with Gasteiger partial charge in [0.15, 0.2) is 0 Å². The molecule has 0 saturated carbocycles. The van der Waals surface area contributed by atoms with E-state index in [0.717, 1.165) is 32.8 Å². The molecule has 5 heteroatoms. The third kappa shape index (κ3) is 6.93. The van der Waals surface area contributed by atoms with E-state index in [1.165, 1.54) is 0 Å². The molecule has 1 amide bonds. The van der Waals surface area contributed by atoms with Gasteiger partial charge in [0.2, 0.25) is 5.91 Å². The molecule has 0 radical (unpaired) electrons. The monoisotopic (exact) mass is 257 g/mol. The second kappa shape index (κ2) is 7.07. The van der Waals surface area contributed by atoms with Crippen LogP contribution in [0.3, 0.4) is 0 Å². The van der Waals surface area contributed by atoms with Gasteiger partial charge in [-0.15, -0.1) is 0 Å². The fourth-order valence-corrected chi connectivity index (χ4v) is 1.89. The van der Waals surface area contributed by atoms with Crippen LogP contribution in [-0.2, 0) is 9.53 Å². The summed E-state index contributed by atoms with van der Waals surface area (Å²) in [6.45, 7) is 13.0. The predicted molar refractivity (Wildman–Crippen MR) is 72.6 cm³/mol. The van der Waals surface area contributed by atoms with Crippen LogP contribution in [0.5, 0.6) is 0 Å². The van der Waals surface area contributed by atoms with Crippen molar-refractivity contribution < 1.29 is 9.53 Å². The van der Waals surface area contributed by atoms with E-state index < -0.39 is 0 Å². The first-order valence-electron chi connectivity index (χ1n) is 6.71. The zero-order valence-corrected chi connectivity index (χ0v) is 12.1. The molecule has 106 valence electrons. The number of carbonyl (C=O) groups excluding carboxylic acids is 1. The minimum Gasteiger partial charge on any atom is -0.379 e. The first-order chi connectivity index (χ1) is 8.37. The predicted octanol–water partition coefficient (Wildman–Crippen LogP) is 0.211. The summed E-state index contributed by atoms with van der Waals surface area (Å²) in [4.78, 5) is 14.1. The Kier molecular flexibility index (Phi) is 6.05. The Morgan fingerprint density at radius 3 is 2.50 bits per heavy atom. The largest absolute Gasteiger partial charge is 0.379 e. The van der Waals surface area contributed by atoms with Crippen LogP contribution in [-0.4, -0.2) is 61.8 Å². The van der Waals surface area contributed by atoms with E-state index in [-0.39, 0.29) is 17.5 Å². The molecular formula is C13H27N3O2. The molecule has 1 heterocycles. The van der Waals surface area contributed by atoms with Crippen LogP contribution in [0.2, 0.25) is 0 Å². The molecule has 1 atom stereocenters. The summed E-state index contributed by atoms with van der Waals surface area (Å²) in [7, 11) is 0. The molecule has 1 fully saturated rings. The van der Waals surface area contributed by atoms with Crippen molar-refractivity contribution in [1.82, 2.24) is 15.5 Å². The average Bonchev–Trinajstić information content (AvgIpc) is 2.26. The Morgan fingerprint density at radius 1 is 1.33 bits per heavy atom. The van der Waals surface area contributed by atoms with Crippen molar-refractivity contribution in [2.75, 3.05) is 39.4 Å². The van der Waals surface area contributed by atoms with Gasteiger partial charge >= 0.3 is 0 Å². The van der Waals surface area contributed by atoms with E-state index in [2.05, 4.69) is 36.3 Å². The summed E-state index contributed by atoms with van der Waals surface area (Å²) in [5.41, 5.74) is -0.0230. The normalized spacial score (nSPS) is 19.6. The van der Waals surface area contributed by atoms with Gasteiger partial charge in [-0.1, -0.05) is 0 Å². The van der Waals surface area contributed by atoms with E-state index in [0.29, 0.717) is 6.54 Å². The summed E-state index contributed by atoms with van der Waals surface area (Å²) in [5.74, 6) is 0.0608. The van der Waals surface area contributed by atoms with Crippen LogP contribution in [0.1, 0.15) is 27.7 Å². The van der Waals surface area contributed by atoms with Gasteiger partial charge in [-0.2, -0.15) is 0 Å². The topological polar surface area (TPSA) is 53.6 Å². The minimum atomic E-state index is -0.0230. The molecule has 1 rings (SSSR count). The third-order valence-electron chi connectivity index (χ3n) is 2.82. The first kappa shape index (κ1) is 15.4. The van der Waals surface area contributed by atoms with E-state index in [1.807, 2.05) is 6.92 Å². The Morgan fingerprint density at radius 2 is 1.94 bits per heavy atom. The van der Waals surface area contributed by atoms with Crippen LogP contribution in [0, 0.1) is 0 Å². The molecule has 1 aliphatic heterocycles. The molecule has 1 aliphatic rings. The number of nitrogens with one attached hydrogen (secondary N) is 2. The van der Waals surface area contributed by atoms with E-state index >= 15 is 0 Å². The zero-order valence-electron chi connectivity index (χ0n) is 12.1. The smallest absolute Gasteiger partial charge is 0.234 e. The zero-order chi connectivity index (χ0) is 13.6. The highest BCUT2D eigenvalue weighted by Crippen LogP contribution is 1.99. The van der Waals surface area contributed by atoms with E-state index in [9.17, 15) is 4.79 Å². The molecule has 0 aromatic rings. The Balaban J connectivity index is 2.18. The summed E-state index contributed by atoms with van der Waals surface area (Å²) < 4.78 is 5.30. The maximum atomic E-state index is 11.7. The lowest BCUT2D eigenvalue weighted by Crippen LogP contribution is -2.49. The van der Waals surface area contributed by atoms with Gasteiger partial charge in [-0.05, 0) is 27.7 Å². The number of ether oxygens (including phenoxy) is 1. The quantitative estimate of drug-likeness (QED) is 0.739. The molecule has 0 spiro atoms. The highest BCUT2D eigenvalue weighted by atomic mass is 16.5. The van der Waals surface area contributed by atoms with Crippen molar-refractivity contribution in [2.24, 2.45) is 0 Å². The van der Waals surface area contributed by atoms with Gasteiger partial charge in [0, 0.05) is 31.2 Å². The van der Waals surface area contributed by atoms with Gasteiger partial charge < -0.3 is 15.4 Å². The fraction of sp³-hybridized carbons (Fsp3) is 0.923. The molecule has 0 aromatic carbocycles. The molecular weight excluding hydrogens is 230 g/mol. The highest BCUT2D eigenvalue weighted by molar-refractivity contribution is 5.78. The molecule has 18 heavy (non-hydrogen) atoms. The number of morpholine rings is 1. The molecule has 0 aliphatic carbocycles. The number of hydrogen-bond acceptors (Lipinski definition) is 4. The van der Waals surface area contributed by atoms with Crippen molar-refractivity contribution in [2.45, 2.75) is 39.3 Å². The molecule has 1 unspecified atom stereocenters. The number of carbonyl (C=O) groups is 1. The van der Waals surface area contributed by atoms with Crippen molar-refractivity contribution in [3.8, 4) is 0 Å². The molecule has 0 aromatic heterocycles. The van der Waals surface area contributed by atoms with Gasteiger partial charge in [0.25, 0.3) is 0 Å². The molecule has 0 bridgehead atoms. The van der Waals surface area contributed by atoms with Gasteiger partial charge in [0.1, 0.15) is 0 Å². The number of amides is 1. The number of rotatable bonds is 5. The van der Waals surface area contributed by atoms with Crippen molar-refractivity contribution in [1.29, 1.82) is 0 Å². The summed E-state index contributed by atoms with van der Waals surface area (Å²) in [6.07, 6.45) is 0. The van der Waals surface area contributed by atoms with Gasteiger partial charge in [0.05, 0.1) is 19.8 Å². The van der Waals surface area contributed by atoms with Gasteiger partial charge in [-0.25, -0.2) is 0 Å². The first-order valence-corrected chi connectivity index (χ1v) is 6.71. The second-order valence-corrected chi connectivity index (χ2v) is 5.99. The lowest BCUT2D eigenvalue weighted by atomic mass is 10.1. The lowest BCUT2D eigenvalue weighted by molar-refractivity contribution is -0.121. The van der Waals surface area contributed by atoms with Crippen LogP contribution < -0.4 is 10.6 Å². The van der Waals surface area contributed by atoms with Gasteiger partial charge in [-0.3, -0.25) is 9.69 Å². The third-order valence-corrected chi connectivity index (χ3v) is 2.82. The maximum Gasteiger partial charge on any atom is 0.234 e. The van der Waals surface area contributed by atoms with Crippen LogP contribution in [0.4, 0.5) is 0 Å². The summed E-state index contributed by atoms with van der Waals surface area (Å²) in [6, 6.07) is 0.178. The molecule has 2 N–H and O–H groups in total. The number of hydrogen-bond donors (Lipinski definition) is 2. The standard InChI is InChI=1S/C13H27N3O2/c1-11(10-16-5-7-18-8-6-16)15-12(17)9-14-13(2,3)4/h11,14H,5-10H2,1-4H3,(H,15,17). The molecule has 1 saturated heterocycles. The number of nitrogens with zero attached hydrogens (tertiary/aromatic N) is 1.